The van der Waals surface area contributed by atoms with Gasteiger partial charge in [0.2, 0.25) is 0 Å². The van der Waals surface area contributed by atoms with Crippen LogP contribution in [-0.2, 0) is 0 Å². The van der Waals surface area contributed by atoms with Crippen molar-refractivity contribution in [1.29, 1.82) is 0 Å². The molecule has 0 aliphatic heterocycles. The molecule has 29 heavy (non-hydrogen) atoms. The van der Waals surface area contributed by atoms with Gasteiger partial charge in [-0.1, -0.05) is 53.7 Å². The van der Waals surface area contributed by atoms with E-state index in [1.165, 1.54) is 44.9 Å². The average Bonchev–Trinajstić information content (AvgIpc) is 3.03. The lowest BCUT2D eigenvalue weighted by atomic mass is 9.44. The van der Waals surface area contributed by atoms with Gasteiger partial charge < -0.3 is 5.11 Å². The highest BCUT2D eigenvalue weighted by atomic mass is 16.3. The minimum absolute atomic E-state index is 0.0183. The third kappa shape index (κ3) is 3.66. The van der Waals surface area contributed by atoms with Crippen LogP contribution < -0.4 is 0 Å². The molecule has 166 valence electrons. The highest BCUT2D eigenvalue weighted by molar-refractivity contribution is 5.11. The van der Waals surface area contributed by atoms with Crippen molar-refractivity contribution in [2.75, 3.05) is 0 Å². The molecule has 4 aliphatic carbocycles. The van der Waals surface area contributed by atoms with Crippen LogP contribution in [0.25, 0.3) is 0 Å². The summed E-state index contributed by atoms with van der Waals surface area (Å²) >= 11 is 0. The molecule has 4 rings (SSSR count). The molecular formula is C28H48O. The van der Waals surface area contributed by atoms with Gasteiger partial charge >= 0.3 is 0 Å². The van der Waals surface area contributed by atoms with E-state index in [0.717, 1.165) is 54.3 Å². The Kier molecular flexibility index (Phi) is 6.04. The summed E-state index contributed by atoms with van der Waals surface area (Å²) in [6.07, 6.45) is 17.1. The Morgan fingerprint density at radius 1 is 0.793 bits per heavy atom. The molecule has 4 fully saturated rings. The smallest absolute Gasteiger partial charge is 0.0543 e. The number of aliphatic hydroxyl groups excluding tert-OH is 1. The van der Waals surface area contributed by atoms with Crippen LogP contribution >= 0.6 is 0 Å². The minimum Gasteiger partial charge on any atom is -0.393 e. The second kappa shape index (κ2) is 7.99. The number of fused-ring (bicyclic) bond motifs is 5. The number of aliphatic hydroxyl groups is 1. The summed E-state index contributed by atoms with van der Waals surface area (Å²) in [5.74, 6) is 6.66. The molecule has 4 aliphatic rings. The predicted octanol–water partition coefficient (Wildman–Crippen LogP) is 7.49. The third-order valence-corrected chi connectivity index (χ3v) is 11.1. The van der Waals surface area contributed by atoms with Crippen molar-refractivity contribution in [2.24, 2.45) is 58.2 Å². The van der Waals surface area contributed by atoms with Gasteiger partial charge in [-0.05, 0) is 116 Å². The van der Waals surface area contributed by atoms with Crippen molar-refractivity contribution in [1.82, 2.24) is 0 Å². The van der Waals surface area contributed by atoms with E-state index in [4.69, 9.17) is 0 Å². The van der Waals surface area contributed by atoms with Crippen molar-refractivity contribution in [3.8, 4) is 0 Å². The Hall–Kier alpha value is -0.300. The molecule has 0 spiro atoms. The Bertz CT molecular complexity index is 607. The fourth-order valence-electron chi connectivity index (χ4n) is 8.85. The van der Waals surface area contributed by atoms with Gasteiger partial charge in [-0.3, -0.25) is 0 Å². The van der Waals surface area contributed by atoms with Gasteiger partial charge in [0.05, 0.1) is 6.10 Å². The van der Waals surface area contributed by atoms with Crippen molar-refractivity contribution in [3.63, 3.8) is 0 Å². The van der Waals surface area contributed by atoms with Crippen LogP contribution in [0, 0.1) is 58.2 Å². The van der Waals surface area contributed by atoms with Gasteiger partial charge in [-0.15, -0.1) is 0 Å². The number of rotatable bonds is 4. The maximum atomic E-state index is 10.3. The molecule has 1 heteroatoms. The summed E-state index contributed by atoms with van der Waals surface area (Å²) in [5, 5.41) is 10.3. The zero-order chi connectivity index (χ0) is 21.0. The van der Waals surface area contributed by atoms with E-state index in [1.807, 2.05) is 0 Å². The van der Waals surface area contributed by atoms with Crippen molar-refractivity contribution in [3.05, 3.63) is 12.2 Å². The summed E-state index contributed by atoms with van der Waals surface area (Å²) in [6, 6.07) is 0. The van der Waals surface area contributed by atoms with Crippen LogP contribution in [0.2, 0.25) is 0 Å². The van der Waals surface area contributed by atoms with Crippen LogP contribution in [0.4, 0.5) is 0 Å². The summed E-state index contributed by atoms with van der Waals surface area (Å²) in [4.78, 5) is 0. The molecule has 0 bridgehead atoms. The lowest BCUT2D eigenvalue weighted by molar-refractivity contribution is -0.128. The van der Waals surface area contributed by atoms with Gasteiger partial charge in [0, 0.05) is 0 Å². The number of hydrogen-bond acceptors (Lipinski definition) is 1. The second-order valence-electron chi connectivity index (χ2n) is 12.7. The largest absolute Gasteiger partial charge is 0.393 e. The highest BCUT2D eigenvalue weighted by Crippen LogP contribution is 2.68. The van der Waals surface area contributed by atoms with E-state index >= 15 is 0 Å². The van der Waals surface area contributed by atoms with E-state index in [2.05, 4.69) is 53.7 Å². The monoisotopic (exact) mass is 400 g/mol. The molecule has 0 aromatic heterocycles. The second-order valence-corrected chi connectivity index (χ2v) is 12.7. The van der Waals surface area contributed by atoms with Gasteiger partial charge in [0.1, 0.15) is 0 Å². The van der Waals surface area contributed by atoms with Crippen LogP contribution in [0.15, 0.2) is 12.2 Å². The van der Waals surface area contributed by atoms with E-state index in [9.17, 15) is 5.11 Å². The fourth-order valence-corrected chi connectivity index (χ4v) is 8.85. The van der Waals surface area contributed by atoms with Gasteiger partial charge in [0.15, 0.2) is 0 Å². The SMILES string of the molecule is CC(C)[C@H](C)/C=C/[C@@H](C)[C@H]1CC[C@H]2[C@@H]3CC[C@H]4C[C@@H](O)CC[C@]4(C)[C@H]3CC[C@]12C. The van der Waals surface area contributed by atoms with Gasteiger partial charge in [0.25, 0.3) is 0 Å². The first-order valence-electron chi connectivity index (χ1n) is 13.0. The van der Waals surface area contributed by atoms with Gasteiger partial charge in [-0.25, -0.2) is 0 Å². The van der Waals surface area contributed by atoms with Crippen molar-refractivity contribution >= 4 is 0 Å². The van der Waals surface area contributed by atoms with E-state index < -0.39 is 0 Å². The fraction of sp³-hybridized carbons (Fsp3) is 0.929. The zero-order valence-corrected chi connectivity index (χ0v) is 20.2. The first-order valence-corrected chi connectivity index (χ1v) is 13.0. The van der Waals surface area contributed by atoms with Crippen LogP contribution in [0.5, 0.6) is 0 Å². The zero-order valence-electron chi connectivity index (χ0n) is 20.2. The normalized spacial score (nSPS) is 49.5. The number of allylic oxidation sites excluding steroid dienone is 2. The van der Waals surface area contributed by atoms with Crippen LogP contribution in [0.1, 0.15) is 99.3 Å². The summed E-state index contributed by atoms with van der Waals surface area (Å²) in [7, 11) is 0. The summed E-state index contributed by atoms with van der Waals surface area (Å²) in [6.45, 7) is 14.9. The Labute approximate surface area is 181 Å². The topological polar surface area (TPSA) is 20.2 Å². The summed E-state index contributed by atoms with van der Waals surface area (Å²) in [5.41, 5.74) is 1.07. The summed E-state index contributed by atoms with van der Waals surface area (Å²) < 4.78 is 0. The lowest BCUT2D eigenvalue weighted by Crippen LogP contribution is -2.54. The molecule has 0 amide bonds. The van der Waals surface area contributed by atoms with E-state index in [-0.39, 0.29) is 6.10 Å². The molecule has 0 heterocycles. The van der Waals surface area contributed by atoms with Crippen LogP contribution in [0.3, 0.4) is 0 Å². The Morgan fingerprint density at radius 3 is 2.21 bits per heavy atom. The Morgan fingerprint density at radius 2 is 1.48 bits per heavy atom. The molecule has 0 aromatic carbocycles. The van der Waals surface area contributed by atoms with Crippen LogP contribution in [-0.4, -0.2) is 11.2 Å². The molecule has 1 N–H and O–H groups in total. The lowest BCUT2D eigenvalue weighted by Gasteiger charge is -2.61. The number of hydrogen-bond donors (Lipinski definition) is 1. The molecule has 0 aromatic rings. The van der Waals surface area contributed by atoms with Crippen molar-refractivity contribution in [2.45, 2.75) is 105 Å². The Balaban J connectivity index is 1.50. The minimum atomic E-state index is -0.0183. The average molecular weight is 401 g/mol. The quantitative estimate of drug-likeness (QED) is 0.485. The molecule has 10 atom stereocenters. The maximum Gasteiger partial charge on any atom is 0.0543 e. The molecule has 0 radical (unpaired) electrons. The van der Waals surface area contributed by atoms with E-state index in [1.54, 1.807) is 0 Å². The highest BCUT2D eigenvalue weighted by Gasteiger charge is 2.60. The molecule has 4 saturated carbocycles. The van der Waals surface area contributed by atoms with E-state index in [0.29, 0.717) is 16.7 Å². The molecular weight excluding hydrogens is 352 g/mol. The van der Waals surface area contributed by atoms with Gasteiger partial charge in [-0.2, -0.15) is 0 Å². The third-order valence-electron chi connectivity index (χ3n) is 11.1. The maximum absolute atomic E-state index is 10.3. The first kappa shape index (κ1) is 21.9. The van der Waals surface area contributed by atoms with Crippen molar-refractivity contribution < 1.29 is 5.11 Å². The molecule has 0 saturated heterocycles. The first-order chi connectivity index (χ1) is 13.7. The molecule has 1 nitrogen and oxygen atoms in total. The molecule has 0 unspecified atom stereocenters. The predicted molar refractivity (Wildman–Crippen MR) is 124 cm³/mol. The standard InChI is InChI=1S/C28H48O/c1-18(2)19(3)7-8-20(4)24-11-12-25-23-10-9-21-17-22(29)13-15-27(21,5)26(23)14-16-28(24,25)6/h7-8,18-26,29H,9-17H2,1-6H3/b8-7+/t19-,20-,21+,22+,23+,24-,25+,26+,27+,28-/m1/s1.